The van der Waals surface area contributed by atoms with Crippen molar-refractivity contribution in [3.63, 3.8) is 0 Å². The highest BCUT2D eigenvalue weighted by molar-refractivity contribution is 5.70. The fourth-order valence-corrected chi connectivity index (χ4v) is 3.40. The Labute approximate surface area is 117 Å². The van der Waals surface area contributed by atoms with E-state index in [-0.39, 0.29) is 5.97 Å². The van der Waals surface area contributed by atoms with Crippen molar-refractivity contribution >= 4 is 5.97 Å². The lowest BCUT2D eigenvalue weighted by molar-refractivity contribution is -0.145. The Hall–Kier alpha value is -0.830. The monoisotopic (exact) mass is 265 g/mol. The lowest BCUT2D eigenvalue weighted by Crippen LogP contribution is -2.45. The molecule has 1 fully saturated rings. The predicted molar refractivity (Wildman–Crippen MR) is 76.9 cm³/mol. The number of rotatable bonds is 5. The van der Waals surface area contributed by atoms with Crippen molar-refractivity contribution in [1.29, 1.82) is 0 Å². The summed E-state index contributed by atoms with van der Waals surface area (Å²) in [5.74, 6) is 0.611. The molecule has 0 spiro atoms. The smallest absolute Gasteiger partial charge is 0.307 e. The van der Waals surface area contributed by atoms with Gasteiger partial charge in [0.1, 0.15) is 0 Å². The highest BCUT2D eigenvalue weighted by atomic mass is 16.5. The van der Waals surface area contributed by atoms with Gasteiger partial charge in [-0.25, -0.2) is 0 Å². The first-order valence-corrected chi connectivity index (χ1v) is 7.86. The Morgan fingerprint density at radius 2 is 2.11 bits per heavy atom. The second kappa shape index (κ2) is 7.68. The number of carbonyl (C=O) groups excluding carboxylic acids is 1. The van der Waals surface area contributed by atoms with Crippen LogP contribution < -0.4 is 0 Å². The van der Waals surface area contributed by atoms with Crippen LogP contribution in [0.5, 0.6) is 0 Å². The minimum atomic E-state index is -0.0207. The normalized spacial score (nSPS) is 26.1. The molecule has 0 bridgehead atoms. The van der Waals surface area contributed by atoms with E-state index >= 15 is 0 Å². The number of ether oxygens (including phenoxy) is 1. The van der Waals surface area contributed by atoms with Crippen molar-refractivity contribution in [3.8, 4) is 0 Å². The summed E-state index contributed by atoms with van der Waals surface area (Å²) in [6, 6.07) is 0.393. The summed E-state index contributed by atoms with van der Waals surface area (Å²) in [7, 11) is 0. The van der Waals surface area contributed by atoms with Gasteiger partial charge in [0.15, 0.2) is 0 Å². The molecule has 1 saturated heterocycles. The number of nitrogens with zero attached hydrogens (tertiary/aromatic N) is 1. The van der Waals surface area contributed by atoms with Crippen molar-refractivity contribution in [2.45, 2.75) is 57.9 Å². The van der Waals surface area contributed by atoms with Gasteiger partial charge in [-0.2, -0.15) is 0 Å². The Balaban J connectivity index is 1.98. The number of esters is 1. The molecule has 0 saturated carbocycles. The summed E-state index contributed by atoms with van der Waals surface area (Å²) in [6.45, 7) is 4.70. The molecule has 3 nitrogen and oxygen atoms in total. The zero-order valence-electron chi connectivity index (χ0n) is 12.1. The van der Waals surface area contributed by atoms with Gasteiger partial charge in [0, 0.05) is 6.04 Å². The summed E-state index contributed by atoms with van der Waals surface area (Å²) in [5, 5.41) is 0. The van der Waals surface area contributed by atoms with Gasteiger partial charge >= 0.3 is 5.97 Å². The second-order valence-corrected chi connectivity index (χ2v) is 5.72. The topological polar surface area (TPSA) is 29.5 Å². The first-order chi connectivity index (χ1) is 9.31. The third kappa shape index (κ3) is 4.34. The first kappa shape index (κ1) is 14.6. The molecule has 2 rings (SSSR count). The van der Waals surface area contributed by atoms with Gasteiger partial charge in [-0.05, 0) is 58.0 Å². The van der Waals surface area contributed by atoms with Crippen LogP contribution in [0.25, 0.3) is 0 Å². The molecule has 1 aliphatic carbocycles. The van der Waals surface area contributed by atoms with Crippen LogP contribution in [-0.4, -0.2) is 36.6 Å². The molecule has 0 aromatic rings. The van der Waals surface area contributed by atoms with Crippen molar-refractivity contribution in [3.05, 3.63) is 12.2 Å². The summed E-state index contributed by atoms with van der Waals surface area (Å²) >= 11 is 0. The molecule has 0 aromatic heterocycles. The fraction of sp³-hybridized carbons (Fsp3) is 0.812. The summed E-state index contributed by atoms with van der Waals surface area (Å²) in [5.41, 5.74) is 0. The Morgan fingerprint density at radius 3 is 2.74 bits per heavy atom. The Bertz CT molecular complexity index is 308. The number of likely N-dealkylation sites (tertiary alicyclic amines) is 1. The van der Waals surface area contributed by atoms with Gasteiger partial charge in [0.05, 0.1) is 13.0 Å². The standard InChI is InChI=1S/C16H27NO2/c1-2-19-16(18)13-15(14-9-5-3-6-10-14)17-11-7-4-8-12-17/h3,5,14-15H,2,4,6-13H2,1H3. The molecule has 0 radical (unpaired) electrons. The van der Waals surface area contributed by atoms with Crippen molar-refractivity contribution in [2.75, 3.05) is 19.7 Å². The van der Waals surface area contributed by atoms with Crippen LogP contribution in [0.3, 0.4) is 0 Å². The number of carbonyl (C=O) groups is 1. The lowest BCUT2D eigenvalue weighted by atomic mass is 9.84. The first-order valence-electron chi connectivity index (χ1n) is 7.86. The summed E-state index contributed by atoms with van der Waals surface area (Å²) in [6.07, 6.45) is 12.5. The van der Waals surface area contributed by atoms with Crippen LogP contribution in [0.1, 0.15) is 51.9 Å². The molecule has 1 heterocycles. The van der Waals surface area contributed by atoms with E-state index in [1.807, 2.05) is 6.92 Å². The molecule has 3 heteroatoms. The maximum absolute atomic E-state index is 11.9. The molecule has 0 aromatic carbocycles. The van der Waals surface area contributed by atoms with Gasteiger partial charge in [-0.1, -0.05) is 18.6 Å². The quantitative estimate of drug-likeness (QED) is 0.565. The maximum atomic E-state index is 11.9. The number of allylic oxidation sites excluding steroid dienone is 2. The Morgan fingerprint density at radius 1 is 1.32 bits per heavy atom. The van der Waals surface area contributed by atoms with E-state index in [1.54, 1.807) is 0 Å². The average molecular weight is 265 g/mol. The maximum Gasteiger partial charge on any atom is 0.307 e. The zero-order valence-corrected chi connectivity index (χ0v) is 12.1. The van der Waals surface area contributed by atoms with Crippen LogP contribution in [-0.2, 0) is 9.53 Å². The zero-order chi connectivity index (χ0) is 13.5. The number of piperidine rings is 1. The third-order valence-electron chi connectivity index (χ3n) is 4.39. The van der Waals surface area contributed by atoms with Crippen LogP contribution in [0.4, 0.5) is 0 Å². The van der Waals surface area contributed by atoms with E-state index in [0.717, 1.165) is 25.9 Å². The fourth-order valence-electron chi connectivity index (χ4n) is 3.40. The van der Waals surface area contributed by atoms with E-state index in [0.29, 0.717) is 25.0 Å². The number of hydrogen-bond acceptors (Lipinski definition) is 3. The average Bonchev–Trinajstić information content (AvgIpc) is 2.47. The highest BCUT2D eigenvalue weighted by Gasteiger charge is 2.30. The predicted octanol–water partition coefficient (Wildman–Crippen LogP) is 3.15. The van der Waals surface area contributed by atoms with Crippen molar-refractivity contribution < 1.29 is 9.53 Å². The molecular formula is C16H27NO2. The van der Waals surface area contributed by atoms with Gasteiger partial charge in [0.2, 0.25) is 0 Å². The van der Waals surface area contributed by atoms with E-state index in [4.69, 9.17) is 4.74 Å². The minimum absolute atomic E-state index is 0.0207. The third-order valence-corrected chi connectivity index (χ3v) is 4.39. The van der Waals surface area contributed by atoms with E-state index in [2.05, 4.69) is 17.1 Å². The van der Waals surface area contributed by atoms with Gasteiger partial charge in [-0.3, -0.25) is 9.69 Å². The van der Waals surface area contributed by atoms with Gasteiger partial charge in [-0.15, -0.1) is 0 Å². The summed E-state index contributed by atoms with van der Waals surface area (Å²) < 4.78 is 5.17. The molecular weight excluding hydrogens is 238 g/mol. The highest BCUT2D eigenvalue weighted by Crippen LogP contribution is 2.29. The van der Waals surface area contributed by atoms with Crippen molar-refractivity contribution in [2.24, 2.45) is 5.92 Å². The molecule has 2 aliphatic rings. The molecule has 0 N–H and O–H groups in total. The van der Waals surface area contributed by atoms with Crippen LogP contribution in [0.15, 0.2) is 12.2 Å². The summed E-state index contributed by atoms with van der Waals surface area (Å²) in [4.78, 5) is 14.4. The van der Waals surface area contributed by atoms with Gasteiger partial charge in [0.25, 0.3) is 0 Å². The molecule has 1 aliphatic heterocycles. The van der Waals surface area contributed by atoms with Crippen LogP contribution in [0, 0.1) is 5.92 Å². The van der Waals surface area contributed by atoms with E-state index in [9.17, 15) is 4.79 Å². The van der Waals surface area contributed by atoms with Gasteiger partial charge < -0.3 is 4.74 Å². The molecule has 108 valence electrons. The molecule has 2 unspecified atom stereocenters. The minimum Gasteiger partial charge on any atom is -0.466 e. The van der Waals surface area contributed by atoms with Crippen LogP contribution >= 0.6 is 0 Å². The molecule has 0 amide bonds. The molecule has 19 heavy (non-hydrogen) atoms. The second-order valence-electron chi connectivity index (χ2n) is 5.72. The van der Waals surface area contributed by atoms with Crippen molar-refractivity contribution in [1.82, 2.24) is 4.90 Å². The Kier molecular flexibility index (Phi) is 5.90. The lowest BCUT2D eigenvalue weighted by Gasteiger charge is -2.39. The SMILES string of the molecule is CCOC(=O)CC(C1CC=CCC1)N1CCCCC1. The molecule has 2 atom stereocenters. The largest absolute Gasteiger partial charge is 0.466 e. The van der Waals surface area contributed by atoms with E-state index < -0.39 is 0 Å². The number of hydrogen-bond donors (Lipinski definition) is 0. The van der Waals surface area contributed by atoms with Crippen LogP contribution in [0.2, 0.25) is 0 Å². The van der Waals surface area contributed by atoms with E-state index in [1.165, 1.54) is 25.7 Å².